The Morgan fingerprint density at radius 1 is 1.33 bits per heavy atom. The largest absolute Gasteiger partial charge is 0.493 e. The average Bonchev–Trinajstić information content (AvgIpc) is 2.44. The number of hydrogen-bond acceptors (Lipinski definition) is 5. The first-order chi connectivity index (χ1) is 9.97. The fourth-order valence-electron chi connectivity index (χ4n) is 1.74. The van der Waals surface area contributed by atoms with E-state index in [1.54, 1.807) is 6.92 Å². The zero-order chi connectivity index (χ0) is 15.8. The maximum Gasteiger partial charge on any atom is 0.387 e. The molecular weight excluding hydrogens is 286 g/mol. The number of aliphatic hydroxyl groups is 1. The van der Waals surface area contributed by atoms with Crippen LogP contribution in [-0.4, -0.2) is 31.4 Å². The topological polar surface area (TPSA) is 65.0 Å². The van der Waals surface area contributed by atoms with Gasteiger partial charge in [0.2, 0.25) is 0 Å². The highest BCUT2D eigenvalue weighted by molar-refractivity contribution is 5.69. The molecule has 0 aliphatic carbocycles. The molecule has 0 aliphatic rings. The van der Waals surface area contributed by atoms with Crippen molar-refractivity contribution in [1.82, 2.24) is 0 Å². The summed E-state index contributed by atoms with van der Waals surface area (Å²) < 4.78 is 38.6. The van der Waals surface area contributed by atoms with Crippen molar-refractivity contribution < 1.29 is 32.9 Å². The van der Waals surface area contributed by atoms with Gasteiger partial charge < -0.3 is 19.3 Å². The molecule has 1 atom stereocenters. The average molecular weight is 304 g/mol. The third kappa shape index (κ3) is 5.55. The van der Waals surface area contributed by atoms with Gasteiger partial charge in [-0.05, 0) is 31.0 Å². The van der Waals surface area contributed by atoms with Gasteiger partial charge in [0.15, 0.2) is 11.5 Å². The Hall–Kier alpha value is -1.89. The van der Waals surface area contributed by atoms with E-state index in [4.69, 9.17) is 9.47 Å². The number of ether oxygens (including phenoxy) is 3. The van der Waals surface area contributed by atoms with E-state index in [9.17, 15) is 18.7 Å². The van der Waals surface area contributed by atoms with Crippen LogP contribution in [0.1, 0.15) is 31.4 Å². The van der Waals surface area contributed by atoms with Crippen LogP contribution in [0.4, 0.5) is 8.78 Å². The van der Waals surface area contributed by atoms with Crippen LogP contribution < -0.4 is 9.47 Å². The fraction of sp³-hybridized carbons (Fsp3) is 0.500. The molecule has 0 radical (unpaired) electrons. The molecular formula is C14H18F2O5. The third-order valence-corrected chi connectivity index (χ3v) is 2.72. The lowest BCUT2D eigenvalue weighted by Gasteiger charge is -2.15. The summed E-state index contributed by atoms with van der Waals surface area (Å²) >= 11 is 0. The van der Waals surface area contributed by atoms with Crippen LogP contribution in [-0.2, 0) is 9.53 Å². The van der Waals surface area contributed by atoms with Crippen molar-refractivity contribution in [2.45, 2.75) is 32.5 Å². The summed E-state index contributed by atoms with van der Waals surface area (Å²) in [6.45, 7) is -1.04. The van der Waals surface area contributed by atoms with Gasteiger partial charge in [-0.1, -0.05) is 6.07 Å². The van der Waals surface area contributed by atoms with Gasteiger partial charge in [0, 0.05) is 6.42 Å². The molecule has 1 N–H and O–H groups in total. The lowest BCUT2D eigenvalue weighted by molar-refractivity contribution is -0.143. The van der Waals surface area contributed by atoms with Gasteiger partial charge in [-0.15, -0.1) is 0 Å². The van der Waals surface area contributed by atoms with E-state index >= 15 is 0 Å². The van der Waals surface area contributed by atoms with Gasteiger partial charge in [0.25, 0.3) is 0 Å². The summed E-state index contributed by atoms with van der Waals surface area (Å²) in [6, 6.07) is 4.20. The fourth-order valence-corrected chi connectivity index (χ4v) is 1.74. The van der Waals surface area contributed by atoms with Crippen LogP contribution in [0.3, 0.4) is 0 Å². The standard InChI is InChI=1S/C14H18F2O5/c1-3-20-13(18)7-5-10(17)9-4-6-11(19-2)12(8-9)21-14(15)16/h4,6,8,10,14,17H,3,5,7H2,1-2H3. The number of carbonyl (C=O) groups is 1. The van der Waals surface area contributed by atoms with E-state index in [1.165, 1.54) is 25.3 Å². The van der Waals surface area contributed by atoms with Gasteiger partial charge in [-0.2, -0.15) is 8.78 Å². The first-order valence-electron chi connectivity index (χ1n) is 6.44. The predicted molar refractivity (Wildman–Crippen MR) is 70.5 cm³/mol. The van der Waals surface area contributed by atoms with Gasteiger partial charge in [0.05, 0.1) is 19.8 Å². The summed E-state index contributed by atoms with van der Waals surface area (Å²) in [5, 5.41) is 9.97. The highest BCUT2D eigenvalue weighted by Crippen LogP contribution is 2.32. The number of rotatable bonds is 8. The van der Waals surface area contributed by atoms with Crippen LogP contribution in [0, 0.1) is 0 Å². The first-order valence-corrected chi connectivity index (χ1v) is 6.44. The molecule has 1 aromatic carbocycles. The smallest absolute Gasteiger partial charge is 0.387 e. The normalized spacial score (nSPS) is 12.1. The second kappa shape index (κ2) is 8.41. The Bertz CT molecular complexity index is 465. The molecule has 1 rings (SSSR count). The maximum atomic E-state index is 12.3. The quantitative estimate of drug-likeness (QED) is 0.748. The number of carbonyl (C=O) groups excluding carboxylic acids is 1. The second-order valence-electron chi connectivity index (χ2n) is 4.15. The zero-order valence-corrected chi connectivity index (χ0v) is 11.8. The molecule has 1 unspecified atom stereocenters. The molecule has 0 saturated carbocycles. The molecule has 0 aromatic heterocycles. The van der Waals surface area contributed by atoms with Crippen molar-refractivity contribution in [2.24, 2.45) is 0 Å². The van der Waals surface area contributed by atoms with E-state index in [-0.39, 0.29) is 30.9 Å². The SMILES string of the molecule is CCOC(=O)CCC(O)c1ccc(OC)c(OC(F)F)c1. The summed E-state index contributed by atoms with van der Waals surface area (Å²) in [7, 11) is 1.32. The minimum Gasteiger partial charge on any atom is -0.493 e. The van der Waals surface area contributed by atoms with Gasteiger partial charge >= 0.3 is 12.6 Å². The summed E-state index contributed by atoms with van der Waals surface area (Å²) in [4.78, 5) is 11.2. The minimum absolute atomic E-state index is 0.0338. The lowest BCUT2D eigenvalue weighted by atomic mass is 10.0. The van der Waals surface area contributed by atoms with Crippen molar-refractivity contribution >= 4 is 5.97 Å². The molecule has 0 fully saturated rings. The molecule has 0 spiro atoms. The molecule has 0 amide bonds. The predicted octanol–water partition coefficient (Wildman–Crippen LogP) is 2.67. The highest BCUT2D eigenvalue weighted by atomic mass is 19.3. The lowest BCUT2D eigenvalue weighted by Crippen LogP contribution is -2.08. The van der Waals surface area contributed by atoms with E-state index in [0.29, 0.717) is 5.56 Å². The van der Waals surface area contributed by atoms with Crippen molar-refractivity contribution in [3.63, 3.8) is 0 Å². The van der Waals surface area contributed by atoms with Crippen LogP contribution in [0.5, 0.6) is 11.5 Å². The van der Waals surface area contributed by atoms with Crippen LogP contribution in [0.2, 0.25) is 0 Å². The number of benzene rings is 1. The van der Waals surface area contributed by atoms with Crippen LogP contribution in [0.25, 0.3) is 0 Å². The van der Waals surface area contributed by atoms with Gasteiger partial charge in [0.1, 0.15) is 0 Å². The summed E-state index contributed by atoms with van der Waals surface area (Å²) in [6.07, 6.45) is -0.828. The molecule has 0 saturated heterocycles. The Balaban J connectivity index is 2.75. The molecule has 0 bridgehead atoms. The third-order valence-electron chi connectivity index (χ3n) is 2.72. The Morgan fingerprint density at radius 3 is 2.62 bits per heavy atom. The van der Waals surface area contributed by atoms with Crippen molar-refractivity contribution in [2.75, 3.05) is 13.7 Å². The Labute approximate surface area is 121 Å². The van der Waals surface area contributed by atoms with E-state index in [1.807, 2.05) is 0 Å². The van der Waals surface area contributed by atoms with Crippen molar-refractivity contribution in [3.05, 3.63) is 23.8 Å². The number of alkyl halides is 2. The van der Waals surface area contributed by atoms with Crippen LogP contribution in [0.15, 0.2) is 18.2 Å². The van der Waals surface area contributed by atoms with Crippen LogP contribution >= 0.6 is 0 Å². The second-order valence-corrected chi connectivity index (χ2v) is 4.15. The molecule has 5 nitrogen and oxygen atoms in total. The maximum absolute atomic E-state index is 12.3. The summed E-state index contributed by atoms with van der Waals surface area (Å²) in [5.41, 5.74) is 0.357. The number of esters is 1. The molecule has 0 heterocycles. The molecule has 7 heteroatoms. The number of methoxy groups -OCH3 is 1. The minimum atomic E-state index is -2.99. The number of hydrogen-bond donors (Lipinski definition) is 1. The first kappa shape index (κ1) is 17.2. The van der Waals surface area contributed by atoms with E-state index in [0.717, 1.165) is 0 Å². The van der Waals surface area contributed by atoms with Gasteiger partial charge in [-0.25, -0.2) is 0 Å². The van der Waals surface area contributed by atoms with Gasteiger partial charge in [-0.3, -0.25) is 4.79 Å². The Morgan fingerprint density at radius 2 is 2.05 bits per heavy atom. The van der Waals surface area contributed by atoms with Crippen molar-refractivity contribution in [3.8, 4) is 11.5 Å². The molecule has 21 heavy (non-hydrogen) atoms. The number of aliphatic hydroxyl groups excluding tert-OH is 1. The van der Waals surface area contributed by atoms with E-state index < -0.39 is 18.7 Å². The Kier molecular flexibility index (Phi) is 6.87. The molecule has 0 aliphatic heterocycles. The monoisotopic (exact) mass is 304 g/mol. The highest BCUT2D eigenvalue weighted by Gasteiger charge is 2.16. The summed E-state index contributed by atoms with van der Waals surface area (Å²) in [5.74, 6) is -0.453. The molecule has 118 valence electrons. The van der Waals surface area contributed by atoms with Crippen molar-refractivity contribution in [1.29, 1.82) is 0 Å². The molecule has 1 aromatic rings. The number of halogens is 2. The zero-order valence-electron chi connectivity index (χ0n) is 11.8. The van der Waals surface area contributed by atoms with E-state index in [2.05, 4.69) is 4.74 Å².